The summed E-state index contributed by atoms with van der Waals surface area (Å²) in [7, 11) is 3.44. The Balaban J connectivity index is 2.19. The summed E-state index contributed by atoms with van der Waals surface area (Å²) in [6, 6.07) is 6.09. The zero-order chi connectivity index (χ0) is 14.4. The molecule has 2 aromatic rings. The van der Waals surface area contributed by atoms with E-state index in [1.54, 1.807) is 6.20 Å². The highest BCUT2D eigenvalue weighted by Gasteiger charge is 2.11. The third kappa shape index (κ3) is 3.53. The van der Waals surface area contributed by atoms with Crippen LogP contribution in [0.3, 0.4) is 0 Å². The number of ether oxygens (including phenoxy) is 1. The SMILES string of the molecule is CCNc1nc(OC)nc(N(C)Cc2ccccn2)n1. The van der Waals surface area contributed by atoms with Gasteiger partial charge in [0.25, 0.3) is 0 Å². The zero-order valence-electron chi connectivity index (χ0n) is 11.9. The van der Waals surface area contributed by atoms with Crippen LogP contribution in [0.5, 0.6) is 6.01 Å². The number of methoxy groups -OCH3 is 1. The van der Waals surface area contributed by atoms with Crippen molar-refractivity contribution in [3.05, 3.63) is 30.1 Å². The Morgan fingerprint density at radius 1 is 1.25 bits per heavy atom. The quantitative estimate of drug-likeness (QED) is 0.851. The van der Waals surface area contributed by atoms with Crippen LogP contribution in [0.15, 0.2) is 24.4 Å². The number of nitrogens with zero attached hydrogens (tertiary/aromatic N) is 5. The van der Waals surface area contributed by atoms with Gasteiger partial charge in [0.05, 0.1) is 19.3 Å². The lowest BCUT2D eigenvalue weighted by Crippen LogP contribution is -2.21. The second-order valence-electron chi connectivity index (χ2n) is 4.15. The highest BCUT2D eigenvalue weighted by molar-refractivity contribution is 5.38. The molecule has 0 atom stereocenters. The van der Waals surface area contributed by atoms with Crippen LogP contribution >= 0.6 is 0 Å². The summed E-state index contributed by atoms with van der Waals surface area (Å²) < 4.78 is 5.10. The van der Waals surface area contributed by atoms with Gasteiger partial charge in [0.15, 0.2) is 0 Å². The lowest BCUT2D eigenvalue weighted by atomic mass is 10.3. The molecule has 0 aliphatic rings. The van der Waals surface area contributed by atoms with Gasteiger partial charge >= 0.3 is 6.01 Å². The molecular weight excluding hydrogens is 256 g/mol. The Bertz CT molecular complexity index is 548. The summed E-state index contributed by atoms with van der Waals surface area (Å²) in [4.78, 5) is 18.9. The maximum absolute atomic E-state index is 5.10. The first-order chi connectivity index (χ1) is 9.72. The first-order valence-corrected chi connectivity index (χ1v) is 6.38. The average Bonchev–Trinajstić information content (AvgIpc) is 2.48. The normalized spacial score (nSPS) is 10.2. The van der Waals surface area contributed by atoms with Gasteiger partial charge in [-0.3, -0.25) is 4.98 Å². The molecule has 0 fully saturated rings. The molecule has 7 heteroatoms. The second-order valence-corrected chi connectivity index (χ2v) is 4.15. The summed E-state index contributed by atoms with van der Waals surface area (Å²) in [5, 5.41) is 3.06. The lowest BCUT2D eigenvalue weighted by molar-refractivity contribution is 0.379. The highest BCUT2D eigenvalue weighted by atomic mass is 16.5. The van der Waals surface area contributed by atoms with E-state index in [1.165, 1.54) is 7.11 Å². The zero-order valence-corrected chi connectivity index (χ0v) is 11.9. The van der Waals surface area contributed by atoms with Crippen LogP contribution in [0.1, 0.15) is 12.6 Å². The van der Waals surface area contributed by atoms with Gasteiger partial charge in [-0.15, -0.1) is 0 Å². The molecule has 2 aromatic heterocycles. The molecule has 1 N–H and O–H groups in total. The van der Waals surface area contributed by atoms with Crippen molar-refractivity contribution in [3.8, 4) is 6.01 Å². The van der Waals surface area contributed by atoms with E-state index in [1.807, 2.05) is 37.1 Å². The molecule has 0 aliphatic carbocycles. The van der Waals surface area contributed by atoms with Gasteiger partial charge in [0.1, 0.15) is 0 Å². The van der Waals surface area contributed by atoms with Gasteiger partial charge in [-0.05, 0) is 19.1 Å². The molecule has 0 saturated heterocycles. The molecule has 20 heavy (non-hydrogen) atoms. The molecule has 0 aliphatic heterocycles. The van der Waals surface area contributed by atoms with Crippen molar-refractivity contribution in [1.29, 1.82) is 0 Å². The van der Waals surface area contributed by atoms with Crippen LogP contribution in [0.4, 0.5) is 11.9 Å². The van der Waals surface area contributed by atoms with Crippen molar-refractivity contribution in [2.45, 2.75) is 13.5 Å². The van der Waals surface area contributed by atoms with E-state index in [-0.39, 0.29) is 0 Å². The molecule has 0 saturated carbocycles. The number of hydrogen-bond acceptors (Lipinski definition) is 7. The van der Waals surface area contributed by atoms with E-state index in [2.05, 4.69) is 25.3 Å². The smallest absolute Gasteiger partial charge is 0.322 e. The number of hydrogen-bond donors (Lipinski definition) is 1. The van der Waals surface area contributed by atoms with Gasteiger partial charge in [0, 0.05) is 19.8 Å². The minimum Gasteiger partial charge on any atom is -0.467 e. The van der Waals surface area contributed by atoms with Crippen LogP contribution < -0.4 is 15.0 Å². The van der Waals surface area contributed by atoms with E-state index in [4.69, 9.17) is 4.74 Å². The number of anilines is 2. The number of nitrogens with one attached hydrogen (secondary N) is 1. The van der Waals surface area contributed by atoms with Crippen molar-refractivity contribution < 1.29 is 4.74 Å². The monoisotopic (exact) mass is 274 g/mol. The highest BCUT2D eigenvalue weighted by Crippen LogP contribution is 2.15. The number of aromatic nitrogens is 4. The molecule has 2 heterocycles. The fourth-order valence-corrected chi connectivity index (χ4v) is 1.65. The summed E-state index contributed by atoms with van der Waals surface area (Å²) in [6.07, 6.45) is 1.77. The standard InChI is InChI=1S/C13H18N6O/c1-4-14-11-16-12(18-13(17-11)20-3)19(2)9-10-7-5-6-8-15-10/h5-8H,4,9H2,1-3H3,(H,14,16,17,18). The topological polar surface area (TPSA) is 76.1 Å². The third-order valence-electron chi connectivity index (χ3n) is 2.59. The van der Waals surface area contributed by atoms with Crippen molar-refractivity contribution in [2.24, 2.45) is 0 Å². The van der Waals surface area contributed by atoms with Crippen LogP contribution in [0.25, 0.3) is 0 Å². The molecule has 0 amide bonds. The van der Waals surface area contributed by atoms with Crippen LogP contribution in [0.2, 0.25) is 0 Å². The largest absolute Gasteiger partial charge is 0.467 e. The molecule has 0 bridgehead atoms. The molecule has 0 aromatic carbocycles. The minimum atomic E-state index is 0.291. The third-order valence-corrected chi connectivity index (χ3v) is 2.59. The second kappa shape index (κ2) is 6.65. The summed E-state index contributed by atoms with van der Waals surface area (Å²) >= 11 is 0. The lowest BCUT2D eigenvalue weighted by Gasteiger charge is -2.17. The predicted molar refractivity (Wildman–Crippen MR) is 76.9 cm³/mol. The molecule has 2 rings (SSSR count). The van der Waals surface area contributed by atoms with E-state index in [0.29, 0.717) is 24.5 Å². The summed E-state index contributed by atoms with van der Waals surface area (Å²) in [6.45, 7) is 3.32. The molecule has 7 nitrogen and oxygen atoms in total. The Morgan fingerprint density at radius 3 is 2.75 bits per heavy atom. The fraction of sp³-hybridized carbons (Fsp3) is 0.385. The number of pyridine rings is 1. The van der Waals surface area contributed by atoms with E-state index < -0.39 is 0 Å². The van der Waals surface area contributed by atoms with Crippen LogP contribution in [-0.4, -0.2) is 40.6 Å². The number of rotatable bonds is 6. The van der Waals surface area contributed by atoms with Crippen molar-refractivity contribution in [2.75, 3.05) is 30.9 Å². The minimum absolute atomic E-state index is 0.291. The Morgan fingerprint density at radius 2 is 2.10 bits per heavy atom. The first-order valence-electron chi connectivity index (χ1n) is 6.38. The maximum Gasteiger partial charge on any atom is 0.322 e. The van der Waals surface area contributed by atoms with E-state index >= 15 is 0 Å². The average molecular weight is 274 g/mol. The molecule has 0 radical (unpaired) electrons. The fourth-order valence-electron chi connectivity index (χ4n) is 1.65. The molecule has 106 valence electrons. The van der Waals surface area contributed by atoms with Crippen LogP contribution in [-0.2, 0) is 6.54 Å². The van der Waals surface area contributed by atoms with E-state index in [0.717, 1.165) is 12.2 Å². The van der Waals surface area contributed by atoms with Crippen molar-refractivity contribution in [1.82, 2.24) is 19.9 Å². The van der Waals surface area contributed by atoms with Gasteiger partial charge in [0.2, 0.25) is 11.9 Å². The van der Waals surface area contributed by atoms with Crippen LogP contribution in [0, 0.1) is 0 Å². The summed E-state index contributed by atoms with van der Waals surface area (Å²) in [5.41, 5.74) is 0.944. The Hall–Kier alpha value is -2.44. The Kier molecular flexibility index (Phi) is 4.65. The maximum atomic E-state index is 5.10. The predicted octanol–water partition coefficient (Wildman–Crippen LogP) is 1.34. The van der Waals surface area contributed by atoms with Crippen molar-refractivity contribution in [3.63, 3.8) is 0 Å². The van der Waals surface area contributed by atoms with E-state index in [9.17, 15) is 0 Å². The van der Waals surface area contributed by atoms with Gasteiger partial charge in [-0.1, -0.05) is 6.07 Å². The van der Waals surface area contributed by atoms with Gasteiger partial charge in [-0.2, -0.15) is 15.0 Å². The van der Waals surface area contributed by atoms with Crippen molar-refractivity contribution >= 4 is 11.9 Å². The molecule has 0 spiro atoms. The Labute approximate surface area is 118 Å². The summed E-state index contributed by atoms with van der Waals surface area (Å²) in [5.74, 6) is 1.04. The first kappa shape index (κ1) is 14.0. The van der Waals surface area contributed by atoms with Gasteiger partial charge in [-0.25, -0.2) is 0 Å². The molecular formula is C13H18N6O. The van der Waals surface area contributed by atoms with Gasteiger partial charge < -0.3 is 15.0 Å². The molecule has 0 unspecified atom stereocenters.